The fraction of sp³-hybridized carbons (Fsp3) is 0.538. The molecule has 0 bridgehead atoms. The quantitative estimate of drug-likeness (QED) is 0.840. The average Bonchev–Trinajstić information content (AvgIpc) is 2.33. The van der Waals surface area contributed by atoms with Crippen molar-refractivity contribution in [2.75, 3.05) is 25.1 Å². The molecule has 108 valence electrons. The molecular formula is C13H18F3NO2. The van der Waals surface area contributed by atoms with Gasteiger partial charge in [-0.15, -0.1) is 0 Å². The number of benzene rings is 1. The standard InChI is InChI=1S/C13H18F3NO2/c1-3-19-8-11(18)7-17-12-6-10(13(14,15)16)5-4-9(12)2/h4-6,11,17-18H,3,7-8H2,1-2H3. The molecule has 0 aliphatic heterocycles. The first-order chi connectivity index (χ1) is 8.84. The number of hydrogen-bond acceptors (Lipinski definition) is 3. The van der Waals surface area contributed by atoms with Gasteiger partial charge in [-0.2, -0.15) is 13.2 Å². The van der Waals surface area contributed by atoms with Crippen molar-refractivity contribution in [1.82, 2.24) is 0 Å². The average molecular weight is 277 g/mol. The summed E-state index contributed by atoms with van der Waals surface area (Å²) in [7, 11) is 0. The van der Waals surface area contributed by atoms with E-state index in [0.29, 0.717) is 17.9 Å². The fourth-order valence-corrected chi connectivity index (χ4v) is 1.53. The smallest absolute Gasteiger partial charge is 0.389 e. The van der Waals surface area contributed by atoms with Crippen molar-refractivity contribution in [3.05, 3.63) is 29.3 Å². The van der Waals surface area contributed by atoms with Gasteiger partial charge in [0.1, 0.15) is 0 Å². The molecule has 1 unspecified atom stereocenters. The molecule has 2 N–H and O–H groups in total. The molecule has 1 atom stereocenters. The van der Waals surface area contributed by atoms with Crippen LogP contribution in [0.3, 0.4) is 0 Å². The van der Waals surface area contributed by atoms with Crippen molar-refractivity contribution in [1.29, 1.82) is 0 Å². The highest BCUT2D eigenvalue weighted by molar-refractivity contribution is 5.53. The molecule has 1 aromatic carbocycles. The third kappa shape index (κ3) is 5.08. The summed E-state index contributed by atoms with van der Waals surface area (Å²) in [5.74, 6) is 0. The topological polar surface area (TPSA) is 41.5 Å². The molecule has 0 saturated heterocycles. The molecular weight excluding hydrogens is 259 g/mol. The van der Waals surface area contributed by atoms with Crippen molar-refractivity contribution in [3.8, 4) is 0 Å². The Balaban J connectivity index is 2.67. The maximum Gasteiger partial charge on any atom is 0.416 e. The minimum Gasteiger partial charge on any atom is -0.389 e. The second-order valence-corrected chi connectivity index (χ2v) is 4.22. The van der Waals surface area contributed by atoms with Crippen LogP contribution in [0.25, 0.3) is 0 Å². The normalized spacial score (nSPS) is 13.4. The largest absolute Gasteiger partial charge is 0.416 e. The van der Waals surface area contributed by atoms with Crippen LogP contribution in [0, 0.1) is 6.92 Å². The van der Waals surface area contributed by atoms with Gasteiger partial charge in [-0.25, -0.2) is 0 Å². The van der Waals surface area contributed by atoms with E-state index in [4.69, 9.17) is 4.74 Å². The van der Waals surface area contributed by atoms with Gasteiger partial charge < -0.3 is 15.2 Å². The van der Waals surface area contributed by atoms with Gasteiger partial charge in [0, 0.05) is 18.8 Å². The third-order valence-corrected chi connectivity index (χ3v) is 2.61. The summed E-state index contributed by atoms with van der Waals surface area (Å²) >= 11 is 0. The Morgan fingerprint density at radius 1 is 1.37 bits per heavy atom. The number of aryl methyl sites for hydroxylation is 1. The van der Waals surface area contributed by atoms with Crippen molar-refractivity contribution in [2.24, 2.45) is 0 Å². The predicted octanol–water partition coefficient (Wildman–Crippen LogP) is 2.82. The molecule has 6 heteroatoms. The van der Waals surface area contributed by atoms with E-state index in [1.165, 1.54) is 6.07 Å². The van der Waals surface area contributed by atoms with Crippen LogP contribution in [-0.2, 0) is 10.9 Å². The number of aliphatic hydroxyl groups excluding tert-OH is 1. The molecule has 0 amide bonds. The van der Waals surface area contributed by atoms with Crippen LogP contribution >= 0.6 is 0 Å². The summed E-state index contributed by atoms with van der Waals surface area (Å²) in [5, 5.41) is 12.4. The zero-order chi connectivity index (χ0) is 14.5. The number of nitrogens with one attached hydrogen (secondary N) is 1. The lowest BCUT2D eigenvalue weighted by Crippen LogP contribution is -2.25. The number of hydrogen-bond donors (Lipinski definition) is 2. The van der Waals surface area contributed by atoms with E-state index in [1.54, 1.807) is 13.8 Å². The molecule has 0 saturated carbocycles. The van der Waals surface area contributed by atoms with E-state index in [0.717, 1.165) is 12.1 Å². The Kier molecular flexibility index (Phi) is 5.62. The number of alkyl halides is 3. The van der Waals surface area contributed by atoms with Gasteiger partial charge in [-0.1, -0.05) is 6.07 Å². The zero-order valence-electron chi connectivity index (χ0n) is 10.9. The molecule has 0 aliphatic carbocycles. The molecule has 0 aromatic heterocycles. The van der Waals surface area contributed by atoms with Gasteiger partial charge in [-0.3, -0.25) is 0 Å². The van der Waals surface area contributed by atoms with Crippen molar-refractivity contribution >= 4 is 5.69 Å². The van der Waals surface area contributed by atoms with E-state index in [2.05, 4.69) is 5.32 Å². The molecule has 0 heterocycles. The highest BCUT2D eigenvalue weighted by atomic mass is 19.4. The molecule has 0 aliphatic rings. The van der Waals surface area contributed by atoms with Crippen LogP contribution in [-0.4, -0.2) is 31.0 Å². The number of anilines is 1. The Morgan fingerprint density at radius 3 is 2.63 bits per heavy atom. The molecule has 0 radical (unpaired) electrons. The van der Waals surface area contributed by atoms with Crippen molar-refractivity contribution in [3.63, 3.8) is 0 Å². The lowest BCUT2D eigenvalue weighted by atomic mass is 10.1. The van der Waals surface area contributed by atoms with Crippen LogP contribution in [0.5, 0.6) is 0 Å². The highest BCUT2D eigenvalue weighted by Gasteiger charge is 2.30. The maximum absolute atomic E-state index is 12.6. The molecule has 0 fully saturated rings. The molecule has 3 nitrogen and oxygen atoms in total. The Bertz CT molecular complexity index is 407. The van der Waals surface area contributed by atoms with E-state index >= 15 is 0 Å². The van der Waals surface area contributed by atoms with Crippen LogP contribution in [0.15, 0.2) is 18.2 Å². The first kappa shape index (κ1) is 15.8. The molecule has 1 rings (SSSR count). The predicted molar refractivity (Wildman–Crippen MR) is 67.2 cm³/mol. The minimum atomic E-state index is -4.37. The van der Waals surface area contributed by atoms with Gasteiger partial charge in [0.2, 0.25) is 0 Å². The summed E-state index contributed by atoms with van der Waals surface area (Å²) in [4.78, 5) is 0. The summed E-state index contributed by atoms with van der Waals surface area (Å²) < 4.78 is 42.7. The van der Waals surface area contributed by atoms with E-state index in [9.17, 15) is 18.3 Å². The second kappa shape index (κ2) is 6.77. The molecule has 1 aromatic rings. The molecule has 0 spiro atoms. The Labute approximate surface area is 110 Å². The van der Waals surface area contributed by atoms with Gasteiger partial charge in [0.15, 0.2) is 0 Å². The summed E-state index contributed by atoms with van der Waals surface area (Å²) in [6.45, 7) is 4.29. The van der Waals surface area contributed by atoms with E-state index in [-0.39, 0.29) is 13.2 Å². The van der Waals surface area contributed by atoms with Gasteiger partial charge >= 0.3 is 6.18 Å². The van der Waals surface area contributed by atoms with Crippen LogP contribution in [0.4, 0.5) is 18.9 Å². The van der Waals surface area contributed by atoms with Gasteiger partial charge in [-0.05, 0) is 31.5 Å². The van der Waals surface area contributed by atoms with Crippen LogP contribution in [0.1, 0.15) is 18.1 Å². The lowest BCUT2D eigenvalue weighted by molar-refractivity contribution is -0.137. The Hall–Kier alpha value is -1.27. The van der Waals surface area contributed by atoms with Crippen molar-refractivity contribution in [2.45, 2.75) is 26.1 Å². The number of aliphatic hydroxyl groups is 1. The van der Waals surface area contributed by atoms with Gasteiger partial charge in [0.25, 0.3) is 0 Å². The first-order valence-corrected chi connectivity index (χ1v) is 6.02. The highest BCUT2D eigenvalue weighted by Crippen LogP contribution is 2.31. The maximum atomic E-state index is 12.6. The van der Waals surface area contributed by atoms with E-state index < -0.39 is 17.8 Å². The number of rotatable bonds is 6. The second-order valence-electron chi connectivity index (χ2n) is 4.22. The summed E-state index contributed by atoms with van der Waals surface area (Å²) in [6, 6.07) is 3.49. The summed E-state index contributed by atoms with van der Waals surface area (Å²) in [5.41, 5.74) is 0.349. The third-order valence-electron chi connectivity index (χ3n) is 2.61. The molecule has 19 heavy (non-hydrogen) atoms. The fourth-order valence-electron chi connectivity index (χ4n) is 1.53. The van der Waals surface area contributed by atoms with Crippen molar-refractivity contribution < 1.29 is 23.0 Å². The van der Waals surface area contributed by atoms with Gasteiger partial charge in [0.05, 0.1) is 18.3 Å². The Morgan fingerprint density at radius 2 is 2.05 bits per heavy atom. The number of ether oxygens (including phenoxy) is 1. The van der Waals surface area contributed by atoms with Crippen LogP contribution in [0.2, 0.25) is 0 Å². The lowest BCUT2D eigenvalue weighted by Gasteiger charge is -2.16. The first-order valence-electron chi connectivity index (χ1n) is 6.02. The number of halogens is 3. The monoisotopic (exact) mass is 277 g/mol. The summed E-state index contributed by atoms with van der Waals surface area (Å²) in [6.07, 6.45) is -5.12. The van der Waals surface area contributed by atoms with E-state index in [1.807, 2.05) is 0 Å². The SMILES string of the molecule is CCOCC(O)CNc1cc(C(F)(F)F)ccc1C. The zero-order valence-corrected chi connectivity index (χ0v) is 10.9. The van der Waals surface area contributed by atoms with Crippen LogP contribution < -0.4 is 5.32 Å². The minimum absolute atomic E-state index is 0.141.